The number of carbonyl (C=O) groups excluding carboxylic acids is 1. The fourth-order valence-corrected chi connectivity index (χ4v) is 4.72. The number of nitrogens with one attached hydrogen (secondary N) is 2. The number of thiocarbonyl (C=S) groups is 1. The van der Waals surface area contributed by atoms with Crippen molar-refractivity contribution in [3.05, 3.63) is 65.2 Å². The second kappa shape index (κ2) is 11.8. The summed E-state index contributed by atoms with van der Waals surface area (Å²) in [4.78, 5) is 15.6. The lowest BCUT2D eigenvalue weighted by Gasteiger charge is -2.35. The first-order valence-electron chi connectivity index (χ1n) is 12.3. The van der Waals surface area contributed by atoms with Crippen LogP contribution >= 0.6 is 12.2 Å². The van der Waals surface area contributed by atoms with Crippen LogP contribution in [0.2, 0.25) is 0 Å². The maximum atomic E-state index is 13.0. The number of hydrogen-bond donors (Lipinski definition) is 2. The van der Waals surface area contributed by atoms with E-state index in [2.05, 4.69) is 43.2 Å². The number of likely N-dealkylation sites (tertiary alicyclic amines) is 1. The Hall–Kier alpha value is -2.24. The molecule has 1 saturated heterocycles. The summed E-state index contributed by atoms with van der Waals surface area (Å²) in [6.45, 7) is 12.0. The minimum absolute atomic E-state index is 0.0185. The summed E-state index contributed by atoms with van der Waals surface area (Å²) in [5.41, 5.74) is 3.47. The third-order valence-electron chi connectivity index (χ3n) is 6.52. The standard InChI is InChI=1S/C28H39N3OS/c1-5-25-12-6-7-18-31(25)19-9-17-29-27(33)30-24-11-8-10-22(20-24)26(32)21-13-15-23(16-14-21)28(2,3)4/h8,10-11,13-16,20,25H,5-7,9,12,17-19H2,1-4H3,(H2,29,30,33)/t25-/m1/s1. The number of carbonyl (C=O) groups is 1. The molecule has 0 radical (unpaired) electrons. The van der Waals surface area contributed by atoms with Gasteiger partial charge in [0.25, 0.3) is 0 Å². The normalized spacial score (nSPS) is 16.9. The van der Waals surface area contributed by atoms with E-state index in [0.717, 1.165) is 31.2 Å². The molecule has 2 N–H and O–H groups in total. The van der Waals surface area contributed by atoms with Crippen molar-refractivity contribution in [1.29, 1.82) is 0 Å². The second-order valence-corrected chi connectivity index (χ2v) is 10.5. The van der Waals surface area contributed by atoms with Crippen LogP contribution in [0, 0.1) is 0 Å². The monoisotopic (exact) mass is 465 g/mol. The molecule has 0 aliphatic carbocycles. The molecule has 0 bridgehead atoms. The molecule has 3 rings (SSSR count). The minimum atomic E-state index is 0.0185. The van der Waals surface area contributed by atoms with Crippen LogP contribution in [0.15, 0.2) is 48.5 Å². The van der Waals surface area contributed by atoms with Crippen LogP contribution in [0.1, 0.15) is 81.3 Å². The molecule has 0 aromatic heterocycles. The zero-order valence-corrected chi connectivity index (χ0v) is 21.4. The number of ketones is 1. The van der Waals surface area contributed by atoms with Gasteiger partial charge in [0, 0.05) is 35.9 Å². The van der Waals surface area contributed by atoms with Gasteiger partial charge in [0.05, 0.1) is 0 Å². The molecule has 1 aliphatic rings. The molecule has 0 unspecified atom stereocenters. The molecular weight excluding hydrogens is 426 g/mol. The van der Waals surface area contributed by atoms with Crippen molar-refractivity contribution in [2.24, 2.45) is 0 Å². The van der Waals surface area contributed by atoms with Crippen molar-refractivity contribution in [3.8, 4) is 0 Å². The predicted molar refractivity (Wildman–Crippen MR) is 143 cm³/mol. The van der Waals surface area contributed by atoms with Gasteiger partial charge in [-0.25, -0.2) is 0 Å². The van der Waals surface area contributed by atoms with Gasteiger partial charge in [-0.3, -0.25) is 4.79 Å². The lowest BCUT2D eigenvalue weighted by atomic mass is 9.86. The number of hydrogen-bond acceptors (Lipinski definition) is 3. The molecule has 0 spiro atoms. The average Bonchev–Trinajstić information content (AvgIpc) is 2.81. The Morgan fingerprint density at radius 2 is 1.85 bits per heavy atom. The van der Waals surface area contributed by atoms with Crippen LogP contribution in [0.4, 0.5) is 5.69 Å². The Kier molecular flexibility index (Phi) is 9.04. The van der Waals surface area contributed by atoms with Crippen LogP contribution in [-0.2, 0) is 5.41 Å². The van der Waals surface area contributed by atoms with E-state index >= 15 is 0 Å². The van der Waals surface area contributed by atoms with Gasteiger partial charge in [-0.15, -0.1) is 0 Å². The van der Waals surface area contributed by atoms with Crippen molar-refractivity contribution in [3.63, 3.8) is 0 Å². The zero-order chi connectivity index (χ0) is 23.8. The summed E-state index contributed by atoms with van der Waals surface area (Å²) in [6, 6.07) is 16.2. The van der Waals surface area contributed by atoms with Crippen molar-refractivity contribution in [1.82, 2.24) is 10.2 Å². The van der Waals surface area contributed by atoms with Crippen LogP contribution < -0.4 is 10.6 Å². The molecule has 178 valence electrons. The smallest absolute Gasteiger partial charge is 0.193 e. The summed E-state index contributed by atoms with van der Waals surface area (Å²) in [5.74, 6) is 0.0185. The number of rotatable bonds is 8. The van der Waals surface area contributed by atoms with Crippen molar-refractivity contribution in [2.75, 3.05) is 25.0 Å². The van der Waals surface area contributed by atoms with E-state index in [1.807, 2.05) is 48.5 Å². The predicted octanol–water partition coefficient (Wildman–Crippen LogP) is 6.16. The highest BCUT2D eigenvalue weighted by Crippen LogP contribution is 2.23. The summed E-state index contributed by atoms with van der Waals surface area (Å²) < 4.78 is 0. The molecule has 4 nitrogen and oxygen atoms in total. The highest BCUT2D eigenvalue weighted by molar-refractivity contribution is 7.80. The van der Waals surface area contributed by atoms with E-state index in [9.17, 15) is 4.79 Å². The highest BCUT2D eigenvalue weighted by Gasteiger charge is 2.20. The maximum Gasteiger partial charge on any atom is 0.193 e. The molecule has 1 aliphatic heterocycles. The Balaban J connectivity index is 1.50. The number of nitrogens with zero attached hydrogens (tertiary/aromatic N) is 1. The topological polar surface area (TPSA) is 44.4 Å². The van der Waals surface area contributed by atoms with Gasteiger partial charge in [-0.1, -0.05) is 70.5 Å². The summed E-state index contributed by atoms with van der Waals surface area (Å²) in [5, 5.41) is 7.14. The molecule has 1 heterocycles. The van der Waals surface area contributed by atoms with Gasteiger partial charge in [0.15, 0.2) is 10.9 Å². The Labute approximate surface area is 205 Å². The SMILES string of the molecule is CC[C@@H]1CCCCN1CCCNC(=S)Nc1cccc(C(=O)c2ccc(C(C)(C)C)cc2)c1. The zero-order valence-electron chi connectivity index (χ0n) is 20.6. The first-order valence-corrected chi connectivity index (χ1v) is 12.7. The summed E-state index contributed by atoms with van der Waals surface area (Å²) >= 11 is 5.48. The van der Waals surface area contributed by atoms with Crippen LogP contribution in [0.3, 0.4) is 0 Å². The van der Waals surface area contributed by atoms with Crippen LogP contribution in [0.5, 0.6) is 0 Å². The van der Waals surface area contributed by atoms with E-state index in [0.29, 0.717) is 16.2 Å². The number of piperidine rings is 1. The second-order valence-electron chi connectivity index (χ2n) is 10.1. The van der Waals surface area contributed by atoms with Gasteiger partial charge in [0.1, 0.15) is 0 Å². The van der Waals surface area contributed by atoms with E-state index in [4.69, 9.17) is 12.2 Å². The largest absolute Gasteiger partial charge is 0.362 e. The molecule has 1 atom stereocenters. The molecule has 5 heteroatoms. The molecule has 0 saturated carbocycles. The fourth-order valence-electron chi connectivity index (χ4n) is 4.50. The molecule has 2 aromatic carbocycles. The van der Waals surface area contributed by atoms with E-state index in [1.165, 1.54) is 37.8 Å². The van der Waals surface area contributed by atoms with E-state index in [-0.39, 0.29) is 11.2 Å². The lowest BCUT2D eigenvalue weighted by molar-refractivity contribution is 0.103. The van der Waals surface area contributed by atoms with Gasteiger partial charge in [0.2, 0.25) is 0 Å². The highest BCUT2D eigenvalue weighted by atomic mass is 32.1. The van der Waals surface area contributed by atoms with Gasteiger partial charge in [-0.2, -0.15) is 0 Å². The molecule has 2 aromatic rings. The quantitative estimate of drug-likeness (QED) is 0.278. The first kappa shape index (κ1) is 25.4. The summed E-state index contributed by atoms with van der Waals surface area (Å²) in [7, 11) is 0. The lowest BCUT2D eigenvalue weighted by Crippen LogP contribution is -2.40. The minimum Gasteiger partial charge on any atom is -0.362 e. The molecule has 0 amide bonds. The third-order valence-corrected chi connectivity index (χ3v) is 6.77. The van der Waals surface area contributed by atoms with Crippen molar-refractivity contribution < 1.29 is 4.79 Å². The Morgan fingerprint density at radius 1 is 1.09 bits per heavy atom. The van der Waals surface area contributed by atoms with Crippen molar-refractivity contribution in [2.45, 2.75) is 71.3 Å². The summed E-state index contributed by atoms with van der Waals surface area (Å²) in [6.07, 6.45) is 6.33. The Bertz CT molecular complexity index is 933. The number of anilines is 1. The molecular formula is C28H39N3OS. The maximum absolute atomic E-state index is 13.0. The average molecular weight is 466 g/mol. The number of benzene rings is 2. The van der Waals surface area contributed by atoms with Crippen LogP contribution in [-0.4, -0.2) is 41.5 Å². The van der Waals surface area contributed by atoms with Crippen LogP contribution in [0.25, 0.3) is 0 Å². The van der Waals surface area contributed by atoms with Gasteiger partial charge < -0.3 is 15.5 Å². The first-order chi connectivity index (χ1) is 15.8. The van der Waals surface area contributed by atoms with Gasteiger partial charge >= 0.3 is 0 Å². The van der Waals surface area contributed by atoms with Gasteiger partial charge in [-0.05, 0) is 67.6 Å². The molecule has 33 heavy (non-hydrogen) atoms. The third kappa shape index (κ3) is 7.38. The molecule has 1 fully saturated rings. The van der Waals surface area contributed by atoms with E-state index < -0.39 is 0 Å². The fraction of sp³-hybridized carbons (Fsp3) is 0.500. The van der Waals surface area contributed by atoms with E-state index in [1.54, 1.807) is 0 Å². The van der Waals surface area contributed by atoms with Crippen molar-refractivity contribution >= 4 is 28.8 Å². The Morgan fingerprint density at radius 3 is 2.55 bits per heavy atom.